The van der Waals surface area contributed by atoms with Crippen LogP contribution >= 0.6 is 0 Å². The number of amides is 2. The van der Waals surface area contributed by atoms with Gasteiger partial charge >= 0.3 is 5.69 Å². The fourth-order valence-electron chi connectivity index (χ4n) is 7.32. The Bertz CT molecular complexity index is 1990. The van der Waals surface area contributed by atoms with Crippen molar-refractivity contribution in [2.45, 2.75) is 50.4 Å². The Morgan fingerprint density at radius 3 is 2.08 bits per heavy atom. The van der Waals surface area contributed by atoms with Gasteiger partial charge in [-0.1, -0.05) is 60.7 Å². The molecule has 3 aliphatic rings. The van der Waals surface area contributed by atoms with Gasteiger partial charge in [0.15, 0.2) is 6.29 Å². The molecule has 2 amide bonds. The quantitative estimate of drug-likeness (QED) is 0.225. The highest BCUT2D eigenvalue weighted by atomic mass is 16.7. The highest BCUT2D eigenvalue weighted by molar-refractivity contribution is 6.34. The summed E-state index contributed by atoms with van der Waals surface area (Å²) in [5, 5.41) is 9.56. The van der Waals surface area contributed by atoms with Crippen molar-refractivity contribution in [3.63, 3.8) is 0 Å². The van der Waals surface area contributed by atoms with E-state index in [-0.39, 0.29) is 42.4 Å². The molecule has 0 unspecified atom stereocenters. The summed E-state index contributed by atoms with van der Waals surface area (Å²) in [6.07, 6.45) is 1.35. The molecule has 0 aliphatic carbocycles. The van der Waals surface area contributed by atoms with Gasteiger partial charge in [0, 0.05) is 37.7 Å². The lowest BCUT2D eigenvalue weighted by molar-refractivity contribution is -0.253. The summed E-state index contributed by atoms with van der Waals surface area (Å²) in [4.78, 5) is 45.5. The molecule has 244 valence electrons. The van der Waals surface area contributed by atoms with E-state index in [1.54, 1.807) is 36.4 Å². The maximum Gasteiger partial charge on any atom is 0.326 e. The van der Waals surface area contributed by atoms with Gasteiger partial charge in [-0.05, 0) is 60.4 Å². The summed E-state index contributed by atoms with van der Waals surface area (Å²) >= 11 is 0. The third kappa shape index (κ3) is 5.56. The average Bonchev–Trinajstić information content (AvgIpc) is 3.60. The molecule has 2 N–H and O–H groups in total. The van der Waals surface area contributed by atoms with E-state index >= 15 is 0 Å². The Balaban J connectivity index is 0.992. The molecule has 0 saturated carbocycles. The van der Waals surface area contributed by atoms with Gasteiger partial charge in [-0.15, -0.1) is 0 Å². The number of aromatic nitrogens is 2. The summed E-state index contributed by atoms with van der Waals surface area (Å²) in [6, 6.07) is 29.8. The Hall–Kier alpha value is -4.87. The molecule has 3 aliphatic heterocycles. The van der Waals surface area contributed by atoms with Gasteiger partial charge in [0.2, 0.25) is 0 Å². The summed E-state index contributed by atoms with van der Waals surface area (Å²) < 4.78 is 15.0. The molecule has 8 rings (SSSR count). The van der Waals surface area contributed by atoms with Crippen LogP contribution in [0.4, 0.5) is 5.69 Å². The Kier molecular flexibility index (Phi) is 8.01. The number of fused-ring (bicyclic) bond motifs is 2. The fraction of sp³-hybridized carbons (Fsp3) is 0.289. The van der Waals surface area contributed by atoms with Crippen LogP contribution in [0.2, 0.25) is 0 Å². The largest absolute Gasteiger partial charge is 0.392 e. The summed E-state index contributed by atoms with van der Waals surface area (Å²) in [5.41, 5.74) is 5.67. The van der Waals surface area contributed by atoms with Gasteiger partial charge in [0.1, 0.15) is 0 Å². The smallest absolute Gasteiger partial charge is 0.326 e. The third-order valence-electron chi connectivity index (χ3n) is 9.84. The second-order valence-electron chi connectivity index (χ2n) is 12.8. The van der Waals surface area contributed by atoms with Crippen LogP contribution in [0.1, 0.15) is 75.1 Å². The van der Waals surface area contributed by atoms with Gasteiger partial charge in [-0.25, -0.2) is 9.69 Å². The molecule has 4 aromatic carbocycles. The number of likely N-dealkylation sites (tertiary alicyclic amines) is 1. The van der Waals surface area contributed by atoms with Crippen LogP contribution in [0.15, 0.2) is 102 Å². The van der Waals surface area contributed by atoms with Crippen molar-refractivity contribution in [3.05, 3.63) is 135 Å². The minimum atomic E-state index is -0.662. The number of imide groups is 1. The fourth-order valence-corrected chi connectivity index (χ4v) is 7.32. The zero-order chi connectivity index (χ0) is 32.8. The molecular weight excluding hydrogens is 608 g/mol. The number of hydrogen-bond donors (Lipinski definition) is 2. The first-order valence-corrected chi connectivity index (χ1v) is 16.5. The minimum Gasteiger partial charge on any atom is -0.392 e. The third-order valence-corrected chi connectivity index (χ3v) is 9.84. The van der Waals surface area contributed by atoms with Crippen LogP contribution in [0, 0.1) is 0 Å². The van der Waals surface area contributed by atoms with E-state index in [2.05, 4.69) is 9.88 Å². The SMILES string of the molecule is O=C1c2ccccc2C(=O)N1c1ccc([C@@H]2O[C@H](CN3CCC(n4c(=O)[nH]c5ccccc54)CC3)C[C@H](c3ccc(CO)cc3)O2)cc1. The van der Waals surface area contributed by atoms with Gasteiger partial charge in [-0.3, -0.25) is 14.2 Å². The molecule has 0 radical (unpaired) electrons. The number of ether oxygens (including phenoxy) is 2. The predicted octanol–water partition coefficient (Wildman–Crippen LogP) is 5.51. The minimum absolute atomic E-state index is 0.0275. The van der Waals surface area contributed by atoms with Crippen LogP contribution in [-0.2, 0) is 16.1 Å². The number of carbonyl (C=O) groups is 2. The second kappa shape index (κ2) is 12.6. The van der Waals surface area contributed by atoms with Crippen molar-refractivity contribution in [1.29, 1.82) is 0 Å². The summed E-state index contributed by atoms with van der Waals surface area (Å²) in [5.74, 6) is -0.670. The number of nitrogens with zero attached hydrogens (tertiary/aromatic N) is 3. The second-order valence-corrected chi connectivity index (χ2v) is 12.8. The number of rotatable bonds is 7. The van der Waals surface area contributed by atoms with Gasteiger partial charge in [-0.2, -0.15) is 0 Å². The average molecular weight is 645 g/mol. The number of aromatic amines is 1. The molecule has 2 fully saturated rings. The normalized spacial score (nSPS) is 22.0. The molecule has 48 heavy (non-hydrogen) atoms. The first kappa shape index (κ1) is 30.5. The van der Waals surface area contributed by atoms with Crippen molar-refractivity contribution in [3.8, 4) is 0 Å². The predicted molar refractivity (Wildman–Crippen MR) is 180 cm³/mol. The highest BCUT2D eigenvalue weighted by Gasteiger charge is 2.37. The number of nitrogens with one attached hydrogen (secondary N) is 1. The number of H-pyrrole nitrogens is 1. The molecule has 10 heteroatoms. The number of aliphatic hydroxyl groups excluding tert-OH is 1. The lowest BCUT2D eigenvalue weighted by Crippen LogP contribution is -2.43. The van der Waals surface area contributed by atoms with E-state index in [9.17, 15) is 19.5 Å². The topological polar surface area (TPSA) is 117 Å². The molecule has 5 aromatic rings. The summed E-state index contributed by atoms with van der Waals surface area (Å²) in [7, 11) is 0. The summed E-state index contributed by atoms with van der Waals surface area (Å²) in [6.45, 7) is 2.37. The van der Waals surface area contributed by atoms with Crippen LogP contribution < -0.4 is 10.6 Å². The Morgan fingerprint density at radius 2 is 1.40 bits per heavy atom. The molecule has 0 bridgehead atoms. The number of benzene rings is 4. The molecule has 1 aromatic heterocycles. The van der Waals surface area contributed by atoms with E-state index < -0.39 is 6.29 Å². The van der Waals surface area contributed by atoms with Gasteiger partial charge in [0.25, 0.3) is 11.8 Å². The van der Waals surface area contributed by atoms with Crippen LogP contribution in [0.5, 0.6) is 0 Å². The molecule has 2 saturated heterocycles. The lowest BCUT2D eigenvalue weighted by Gasteiger charge is -2.40. The van der Waals surface area contributed by atoms with Crippen molar-refractivity contribution in [2.24, 2.45) is 0 Å². The zero-order valence-electron chi connectivity index (χ0n) is 26.3. The van der Waals surface area contributed by atoms with E-state index in [1.165, 1.54) is 4.90 Å². The zero-order valence-corrected chi connectivity index (χ0v) is 26.3. The highest BCUT2D eigenvalue weighted by Crippen LogP contribution is 2.39. The molecular formula is C38H36N4O6. The number of para-hydroxylation sites is 2. The van der Waals surface area contributed by atoms with E-state index in [0.717, 1.165) is 53.7 Å². The van der Waals surface area contributed by atoms with Gasteiger partial charge in [0.05, 0.1) is 46.7 Å². The number of hydrogen-bond acceptors (Lipinski definition) is 7. The lowest BCUT2D eigenvalue weighted by atomic mass is 9.98. The van der Waals surface area contributed by atoms with Crippen LogP contribution in [0.25, 0.3) is 11.0 Å². The van der Waals surface area contributed by atoms with Crippen LogP contribution in [-0.4, -0.2) is 57.1 Å². The van der Waals surface area contributed by atoms with Crippen molar-refractivity contribution in [2.75, 3.05) is 24.5 Å². The number of aliphatic hydroxyl groups is 1. The molecule has 3 atom stereocenters. The maximum atomic E-state index is 13.1. The molecule has 4 heterocycles. The molecule has 0 spiro atoms. The van der Waals surface area contributed by atoms with Crippen molar-refractivity contribution in [1.82, 2.24) is 14.5 Å². The van der Waals surface area contributed by atoms with E-state index in [0.29, 0.717) is 29.8 Å². The number of anilines is 1. The first-order valence-electron chi connectivity index (χ1n) is 16.5. The van der Waals surface area contributed by atoms with Crippen LogP contribution in [0.3, 0.4) is 0 Å². The monoisotopic (exact) mass is 644 g/mol. The standard InChI is InChI=1S/C38H36N4O6/c43-23-24-9-11-25(12-10-24)34-21-29(22-40-19-17-28(18-20-40)41-33-8-4-3-7-32(33)39-38(41)46)47-37(48-34)26-13-15-27(16-14-26)42-35(44)30-5-1-2-6-31(30)36(42)45/h1-16,28-29,34,37,43H,17-23H2,(H,39,46)/t29-,34+,37+/m0/s1. The molecule has 10 nitrogen and oxygen atoms in total. The van der Waals surface area contributed by atoms with Crippen molar-refractivity contribution >= 4 is 28.5 Å². The first-order chi connectivity index (χ1) is 23.5. The number of carbonyl (C=O) groups excluding carboxylic acids is 2. The van der Waals surface area contributed by atoms with E-state index in [1.807, 2.05) is 65.2 Å². The number of imidazole rings is 1. The Labute approximate surface area is 277 Å². The van der Waals surface area contributed by atoms with Gasteiger partial charge < -0.3 is 24.5 Å². The number of piperidine rings is 1. The Morgan fingerprint density at radius 1 is 0.750 bits per heavy atom. The maximum absolute atomic E-state index is 13.1. The van der Waals surface area contributed by atoms with Crippen molar-refractivity contribution < 1.29 is 24.2 Å². The van der Waals surface area contributed by atoms with E-state index in [4.69, 9.17) is 9.47 Å².